The van der Waals surface area contributed by atoms with E-state index in [-0.39, 0.29) is 12.5 Å². The van der Waals surface area contributed by atoms with Crippen LogP contribution in [0.25, 0.3) is 0 Å². The first kappa shape index (κ1) is 13.3. The van der Waals surface area contributed by atoms with Crippen molar-refractivity contribution in [3.05, 3.63) is 10.1 Å². The molecule has 0 saturated heterocycles. The summed E-state index contributed by atoms with van der Waals surface area (Å²) in [6.45, 7) is 0.229. The van der Waals surface area contributed by atoms with E-state index in [9.17, 15) is 20.0 Å². The third kappa shape index (κ3) is 3.19. The second-order valence-corrected chi connectivity index (χ2v) is 5.55. The van der Waals surface area contributed by atoms with Crippen molar-refractivity contribution in [3.63, 3.8) is 0 Å². The number of carbonyl (C=O) groups is 1. The van der Waals surface area contributed by atoms with E-state index >= 15 is 0 Å². The summed E-state index contributed by atoms with van der Waals surface area (Å²) in [6, 6.07) is -0.714. The van der Waals surface area contributed by atoms with E-state index < -0.39 is 22.5 Å². The van der Waals surface area contributed by atoms with Crippen LogP contribution in [-0.4, -0.2) is 34.1 Å². The van der Waals surface area contributed by atoms with Crippen LogP contribution in [0.15, 0.2) is 0 Å². The van der Waals surface area contributed by atoms with Crippen LogP contribution >= 0.6 is 0 Å². The van der Waals surface area contributed by atoms with Crippen LogP contribution in [0.3, 0.4) is 0 Å². The second kappa shape index (κ2) is 5.22. The number of rotatable bonds is 4. The maximum Gasteiger partial charge on any atom is 0.230 e. The molecule has 2 aliphatic rings. The Balaban J connectivity index is 1.77. The number of nitro groups is 1. The molecule has 2 fully saturated rings. The molecule has 2 N–H and O–H groups in total. The number of amides is 1. The van der Waals surface area contributed by atoms with Gasteiger partial charge in [-0.15, -0.1) is 0 Å². The topological polar surface area (TPSA) is 92.5 Å². The Morgan fingerprint density at radius 2 is 1.94 bits per heavy atom. The van der Waals surface area contributed by atoms with Crippen LogP contribution in [0, 0.1) is 16.0 Å². The molecule has 2 rings (SSSR count). The predicted octanol–water partition coefficient (Wildman–Crippen LogP) is 0.853. The average Bonchev–Trinajstić information content (AvgIpc) is 3.10. The fraction of sp³-hybridized carbons (Fsp3) is 0.917. The van der Waals surface area contributed by atoms with Crippen molar-refractivity contribution in [3.8, 4) is 0 Å². The van der Waals surface area contributed by atoms with E-state index in [1.54, 1.807) is 0 Å². The van der Waals surface area contributed by atoms with Crippen LogP contribution in [0.5, 0.6) is 0 Å². The Hall–Kier alpha value is -1.17. The molecular formula is C12H20N2O4. The van der Waals surface area contributed by atoms with Crippen molar-refractivity contribution >= 4 is 5.91 Å². The number of nitrogens with zero attached hydrogens (tertiary/aromatic N) is 1. The lowest BCUT2D eigenvalue weighted by Crippen LogP contribution is -2.43. The van der Waals surface area contributed by atoms with Gasteiger partial charge in [-0.05, 0) is 12.8 Å². The molecule has 0 radical (unpaired) electrons. The highest BCUT2D eigenvalue weighted by Crippen LogP contribution is 2.33. The molecule has 18 heavy (non-hydrogen) atoms. The molecule has 2 atom stereocenters. The highest BCUT2D eigenvalue weighted by Gasteiger charge is 2.53. The first-order valence-corrected chi connectivity index (χ1v) is 6.65. The fourth-order valence-electron chi connectivity index (χ4n) is 2.64. The quantitative estimate of drug-likeness (QED) is 0.443. The summed E-state index contributed by atoms with van der Waals surface area (Å²) in [7, 11) is 0. The van der Waals surface area contributed by atoms with Crippen molar-refractivity contribution in [1.82, 2.24) is 5.32 Å². The second-order valence-electron chi connectivity index (χ2n) is 5.55. The van der Waals surface area contributed by atoms with Gasteiger partial charge < -0.3 is 10.4 Å². The van der Waals surface area contributed by atoms with Gasteiger partial charge in [0.1, 0.15) is 5.92 Å². The Kier molecular flexibility index (Phi) is 3.85. The minimum atomic E-state index is -0.814. The van der Waals surface area contributed by atoms with Gasteiger partial charge in [0, 0.05) is 17.9 Å². The SMILES string of the molecule is O=C(NCC1(O)CCCCCC1)C1CC1[N+](=O)[O-]. The lowest BCUT2D eigenvalue weighted by Gasteiger charge is -2.26. The minimum Gasteiger partial charge on any atom is -0.388 e. The molecule has 0 bridgehead atoms. The third-order valence-electron chi connectivity index (χ3n) is 3.99. The Morgan fingerprint density at radius 3 is 2.44 bits per heavy atom. The number of nitrogens with one attached hydrogen (secondary N) is 1. The van der Waals surface area contributed by atoms with Gasteiger partial charge in [0.05, 0.1) is 5.60 Å². The summed E-state index contributed by atoms with van der Waals surface area (Å²) < 4.78 is 0. The summed E-state index contributed by atoms with van der Waals surface area (Å²) >= 11 is 0. The Bertz CT molecular complexity index is 337. The van der Waals surface area contributed by atoms with Crippen LogP contribution in [0.2, 0.25) is 0 Å². The molecule has 2 unspecified atom stereocenters. The summed E-state index contributed by atoms with van der Waals surface area (Å²) in [4.78, 5) is 21.7. The lowest BCUT2D eigenvalue weighted by molar-refractivity contribution is -0.497. The zero-order valence-electron chi connectivity index (χ0n) is 10.4. The number of aliphatic hydroxyl groups is 1. The van der Waals surface area contributed by atoms with Gasteiger partial charge in [-0.3, -0.25) is 14.9 Å². The molecule has 102 valence electrons. The number of hydrogen-bond donors (Lipinski definition) is 2. The standard InChI is InChI=1S/C12H20N2O4/c15-11(9-7-10(9)14(17)18)13-8-12(16)5-3-1-2-4-6-12/h9-10,16H,1-8H2,(H,13,15). The summed E-state index contributed by atoms with van der Waals surface area (Å²) in [6.07, 6.45) is 5.95. The zero-order chi connectivity index (χ0) is 13.2. The van der Waals surface area contributed by atoms with E-state index in [0.29, 0.717) is 19.3 Å². The molecule has 0 heterocycles. The normalized spacial score (nSPS) is 30.3. The highest BCUT2D eigenvalue weighted by atomic mass is 16.6. The summed E-state index contributed by atoms with van der Waals surface area (Å²) in [5.74, 6) is -0.774. The largest absolute Gasteiger partial charge is 0.388 e. The number of carbonyl (C=O) groups excluding carboxylic acids is 1. The van der Waals surface area contributed by atoms with Gasteiger partial charge in [-0.1, -0.05) is 25.7 Å². The van der Waals surface area contributed by atoms with Crippen molar-refractivity contribution in [2.24, 2.45) is 5.92 Å². The van der Waals surface area contributed by atoms with E-state index in [0.717, 1.165) is 25.7 Å². The van der Waals surface area contributed by atoms with Gasteiger partial charge in [0.15, 0.2) is 0 Å². The van der Waals surface area contributed by atoms with E-state index in [1.165, 1.54) is 0 Å². The maximum absolute atomic E-state index is 11.7. The smallest absolute Gasteiger partial charge is 0.230 e. The van der Waals surface area contributed by atoms with Crippen LogP contribution in [0.4, 0.5) is 0 Å². The predicted molar refractivity (Wildman–Crippen MR) is 64.6 cm³/mol. The van der Waals surface area contributed by atoms with E-state index in [4.69, 9.17) is 0 Å². The molecule has 0 aromatic rings. The van der Waals surface area contributed by atoms with Crippen LogP contribution in [-0.2, 0) is 4.79 Å². The summed E-state index contributed by atoms with van der Waals surface area (Å²) in [5.41, 5.74) is -0.814. The van der Waals surface area contributed by atoms with Crippen molar-refractivity contribution in [1.29, 1.82) is 0 Å². The molecule has 0 aromatic heterocycles. The maximum atomic E-state index is 11.7. The van der Waals surface area contributed by atoms with Crippen molar-refractivity contribution in [2.45, 2.75) is 56.6 Å². The molecule has 0 aliphatic heterocycles. The molecule has 2 aliphatic carbocycles. The van der Waals surface area contributed by atoms with Gasteiger partial charge in [0.25, 0.3) is 0 Å². The van der Waals surface area contributed by atoms with Crippen molar-refractivity contribution in [2.75, 3.05) is 6.54 Å². The first-order valence-electron chi connectivity index (χ1n) is 6.65. The van der Waals surface area contributed by atoms with Gasteiger partial charge in [0.2, 0.25) is 11.9 Å². The Labute approximate surface area is 106 Å². The third-order valence-corrected chi connectivity index (χ3v) is 3.99. The van der Waals surface area contributed by atoms with Gasteiger partial charge in [-0.25, -0.2) is 0 Å². The van der Waals surface area contributed by atoms with E-state index in [1.807, 2.05) is 0 Å². The molecule has 1 amide bonds. The molecule has 6 heteroatoms. The van der Waals surface area contributed by atoms with Gasteiger partial charge in [-0.2, -0.15) is 0 Å². The highest BCUT2D eigenvalue weighted by molar-refractivity contribution is 5.82. The Morgan fingerprint density at radius 1 is 1.33 bits per heavy atom. The number of hydrogen-bond acceptors (Lipinski definition) is 4. The van der Waals surface area contributed by atoms with Crippen LogP contribution in [0.1, 0.15) is 44.9 Å². The molecular weight excluding hydrogens is 236 g/mol. The van der Waals surface area contributed by atoms with Crippen molar-refractivity contribution < 1.29 is 14.8 Å². The van der Waals surface area contributed by atoms with Crippen LogP contribution < -0.4 is 5.32 Å². The fourth-order valence-corrected chi connectivity index (χ4v) is 2.64. The van der Waals surface area contributed by atoms with Gasteiger partial charge >= 0.3 is 0 Å². The first-order chi connectivity index (χ1) is 8.52. The molecule has 0 aromatic carbocycles. The average molecular weight is 256 g/mol. The minimum absolute atomic E-state index is 0.229. The molecule has 6 nitrogen and oxygen atoms in total. The monoisotopic (exact) mass is 256 g/mol. The molecule has 0 spiro atoms. The van der Waals surface area contributed by atoms with E-state index in [2.05, 4.69) is 5.32 Å². The lowest BCUT2D eigenvalue weighted by atomic mass is 9.94. The molecule has 2 saturated carbocycles. The summed E-state index contributed by atoms with van der Waals surface area (Å²) in [5, 5.41) is 23.5. The zero-order valence-corrected chi connectivity index (χ0v) is 10.4.